The van der Waals surface area contributed by atoms with Crippen molar-refractivity contribution in [3.63, 3.8) is 0 Å². The van der Waals surface area contributed by atoms with Gasteiger partial charge in [-0.05, 0) is 25.5 Å². The quantitative estimate of drug-likeness (QED) is 0.364. The maximum Gasteiger partial charge on any atom is 0.388 e. The van der Waals surface area contributed by atoms with E-state index in [0.717, 1.165) is 29.8 Å². The average Bonchev–Trinajstić information content (AvgIpc) is 3.03. The van der Waals surface area contributed by atoms with Crippen molar-refractivity contribution in [2.24, 2.45) is 0 Å². The minimum Gasteiger partial charge on any atom is -0.461 e. The van der Waals surface area contributed by atoms with Gasteiger partial charge in [0.15, 0.2) is 0 Å². The van der Waals surface area contributed by atoms with E-state index in [1.165, 1.54) is 0 Å². The second-order valence-corrected chi connectivity index (χ2v) is 5.10. The number of aromatic nitrogens is 1. The predicted octanol–water partition coefficient (Wildman–Crippen LogP) is 1.15. The first-order valence-electron chi connectivity index (χ1n) is 7.15. The van der Waals surface area contributed by atoms with Crippen LogP contribution in [-0.4, -0.2) is 24.2 Å². The van der Waals surface area contributed by atoms with E-state index in [1.807, 2.05) is 26.0 Å². The lowest BCUT2D eigenvalue weighted by atomic mass is 10.0. The normalized spacial score (nSPS) is 19.9. The fourth-order valence-electron chi connectivity index (χ4n) is 2.37. The molecule has 0 fully saturated rings. The second-order valence-electron chi connectivity index (χ2n) is 5.10. The maximum atomic E-state index is 5.71. The van der Waals surface area contributed by atoms with Gasteiger partial charge in [-0.1, -0.05) is 19.7 Å². The molecule has 2 heterocycles. The molecule has 3 rings (SSSR count). The molecule has 1 aromatic rings. The Bertz CT molecular complexity index is 798. The molecule has 0 spiro atoms. The van der Waals surface area contributed by atoms with Gasteiger partial charge in [-0.3, -0.25) is 4.42 Å². The zero-order valence-corrected chi connectivity index (χ0v) is 12.8. The Morgan fingerprint density at radius 1 is 1.45 bits per heavy atom. The molecule has 0 amide bonds. The van der Waals surface area contributed by atoms with Crippen LogP contribution in [-0.2, 0) is 4.42 Å². The van der Waals surface area contributed by atoms with Crippen LogP contribution >= 0.6 is 0 Å². The van der Waals surface area contributed by atoms with Crippen LogP contribution in [0.1, 0.15) is 20.3 Å². The van der Waals surface area contributed by atoms with Gasteiger partial charge < -0.3 is 13.7 Å². The van der Waals surface area contributed by atoms with Crippen molar-refractivity contribution in [2.75, 3.05) is 6.61 Å². The van der Waals surface area contributed by atoms with Gasteiger partial charge >= 0.3 is 17.7 Å². The van der Waals surface area contributed by atoms with E-state index < -0.39 is 0 Å². The molecule has 0 aromatic carbocycles. The van der Waals surface area contributed by atoms with Crippen molar-refractivity contribution < 1.29 is 22.4 Å². The molecule has 5 heteroatoms. The molecular formula is C17H19N2O3+. The third-order valence-electron chi connectivity index (χ3n) is 3.50. The van der Waals surface area contributed by atoms with Crippen molar-refractivity contribution >= 4 is 18.6 Å². The summed E-state index contributed by atoms with van der Waals surface area (Å²) in [7, 11) is 0. The Hall–Kier alpha value is -2.69. The lowest BCUT2D eigenvalue weighted by molar-refractivity contribution is -0.627. The molecule has 5 nitrogen and oxygen atoms in total. The Labute approximate surface area is 129 Å². The number of hydrogen-bond donors (Lipinski definition) is 0. The predicted molar refractivity (Wildman–Crippen MR) is 81.3 cm³/mol. The Morgan fingerprint density at radius 2 is 2.27 bits per heavy atom. The van der Waals surface area contributed by atoms with Gasteiger partial charge in [0.1, 0.15) is 6.72 Å². The van der Waals surface area contributed by atoms with Gasteiger partial charge in [-0.2, -0.15) is 0 Å². The summed E-state index contributed by atoms with van der Waals surface area (Å²) in [6.45, 7) is 12.3. The van der Waals surface area contributed by atoms with Gasteiger partial charge in [0.2, 0.25) is 0 Å². The number of rotatable bonds is 3. The fourth-order valence-corrected chi connectivity index (χ4v) is 2.37. The molecule has 1 aliphatic carbocycles. The highest BCUT2D eigenvalue weighted by molar-refractivity contribution is 5.70. The SMILES string of the molecule is C=[N+]1[C-](C)C=[O+][C-]1C1=CC(=c2oc(OCC)c[n+]2=C)C=CC1. The Balaban J connectivity index is 2.01. The van der Waals surface area contributed by atoms with E-state index in [4.69, 9.17) is 13.6 Å². The number of ether oxygens (including phenoxy) is 1. The number of carbonyl (C=O) groups excluding carboxylic acids is 1. The Kier molecular flexibility index (Phi) is 3.63. The first kappa shape index (κ1) is 14.3. The standard InChI is InChI=1S/C17H19N2O3/c1-5-20-15-10-18(3)16(22-15)13-7-6-8-14(9-13)17-19(4)12(2)11-21-17/h6-7,9-11H,3-5,8H2,1-2H3/q+1. The van der Waals surface area contributed by atoms with Gasteiger partial charge in [-0.15, -0.1) is 4.24 Å². The van der Waals surface area contributed by atoms with E-state index in [2.05, 4.69) is 19.5 Å². The first-order valence-corrected chi connectivity index (χ1v) is 7.15. The highest BCUT2D eigenvalue weighted by Gasteiger charge is 2.31. The largest absolute Gasteiger partial charge is 0.461 e. The fraction of sp³-hybridized carbons (Fsp3) is 0.235. The summed E-state index contributed by atoms with van der Waals surface area (Å²) in [5, 5.41) is 0. The zero-order chi connectivity index (χ0) is 15.7. The Morgan fingerprint density at radius 3 is 2.95 bits per heavy atom. The van der Waals surface area contributed by atoms with Crippen LogP contribution in [0.25, 0.3) is 5.57 Å². The summed E-state index contributed by atoms with van der Waals surface area (Å²) in [5.41, 5.74) is 2.59. The number of aldehydes is 1. The molecule has 1 aromatic heterocycles. The summed E-state index contributed by atoms with van der Waals surface area (Å²) in [5.74, 6) is 0.454. The number of allylic oxidation sites excluding steroid dienone is 3. The van der Waals surface area contributed by atoms with Gasteiger partial charge in [0.25, 0.3) is 12.5 Å². The van der Waals surface area contributed by atoms with E-state index in [-0.39, 0.29) is 0 Å². The van der Waals surface area contributed by atoms with E-state index in [1.54, 1.807) is 21.3 Å². The summed E-state index contributed by atoms with van der Waals surface area (Å²) in [6, 6.07) is 0.968. The van der Waals surface area contributed by atoms with Crippen LogP contribution in [0, 0.1) is 19.0 Å². The molecule has 2 aliphatic rings. The maximum absolute atomic E-state index is 5.71. The summed E-state index contributed by atoms with van der Waals surface area (Å²) >= 11 is 0. The molecule has 0 radical (unpaired) electrons. The number of nitrogens with zero attached hydrogens (tertiary/aromatic N) is 2. The van der Waals surface area contributed by atoms with E-state index >= 15 is 0 Å². The van der Waals surface area contributed by atoms with Gasteiger partial charge in [0.05, 0.1) is 18.2 Å². The molecule has 0 bridgehead atoms. The highest BCUT2D eigenvalue weighted by Crippen LogP contribution is 2.28. The average molecular weight is 299 g/mol. The molecule has 0 N–H and O–H groups in total. The minimum atomic E-state index is 0.454. The molecule has 0 saturated carbocycles. The van der Waals surface area contributed by atoms with Gasteiger partial charge in [0, 0.05) is 5.57 Å². The van der Waals surface area contributed by atoms with Crippen molar-refractivity contribution in [3.05, 3.63) is 54.5 Å². The number of oxazole rings is 1. The lowest BCUT2D eigenvalue weighted by Crippen LogP contribution is -2.32. The third-order valence-corrected chi connectivity index (χ3v) is 3.50. The highest BCUT2D eigenvalue weighted by atomic mass is 16.6. The van der Waals surface area contributed by atoms with Crippen LogP contribution in [0.15, 0.2) is 34.4 Å². The molecule has 1 aliphatic heterocycles. The van der Waals surface area contributed by atoms with Crippen molar-refractivity contribution in [2.45, 2.75) is 20.3 Å². The van der Waals surface area contributed by atoms with E-state index in [0.29, 0.717) is 18.1 Å². The van der Waals surface area contributed by atoms with Crippen molar-refractivity contribution in [3.8, 4) is 5.95 Å². The molecule has 0 saturated heterocycles. The van der Waals surface area contributed by atoms with Crippen LogP contribution in [0.5, 0.6) is 5.95 Å². The monoisotopic (exact) mass is 299 g/mol. The molecule has 0 unspecified atom stereocenters. The van der Waals surface area contributed by atoms with Crippen molar-refractivity contribution in [1.82, 2.24) is 0 Å². The van der Waals surface area contributed by atoms with Crippen LogP contribution in [0.2, 0.25) is 0 Å². The molecule has 114 valence electrons. The second kappa shape index (κ2) is 5.60. The van der Waals surface area contributed by atoms with Crippen LogP contribution in [0.3, 0.4) is 0 Å². The summed E-state index contributed by atoms with van der Waals surface area (Å²) < 4.78 is 20.1. The van der Waals surface area contributed by atoms with Crippen molar-refractivity contribution in [1.29, 1.82) is 0 Å². The topological polar surface area (TPSA) is 42.6 Å². The summed E-state index contributed by atoms with van der Waals surface area (Å²) in [6.07, 6.45) is 11.0. The number of hydrogen-bond acceptors (Lipinski definition) is 2. The van der Waals surface area contributed by atoms with Gasteiger partial charge in [-0.25, -0.2) is 0 Å². The lowest BCUT2D eigenvalue weighted by Gasteiger charge is -2.16. The zero-order valence-electron chi connectivity index (χ0n) is 12.8. The molecule has 0 atom stereocenters. The first-order chi connectivity index (χ1) is 10.6. The van der Waals surface area contributed by atoms with Crippen LogP contribution < -0.4 is 14.5 Å². The molecule has 22 heavy (non-hydrogen) atoms. The molecular weight excluding hydrogens is 280 g/mol. The van der Waals surface area contributed by atoms with E-state index in [9.17, 15) is 0 Å². The van der Waals surface area contributed by atoms with Crippen LogP contribution in [0.4, 0.5) is 0 Å². The summed E-state index contributed by atoms with van der Waals surface area (Å²) in [4.78, 5) is 0. The minimum absolute atomic E-state index is 0.454. The smallest absolute Gasteiger partial charge is 0.388 e. The third kappa shape index (κ3) is 2.45.